The number of aryl methyl sites for hydroxylation is 1. The molecule has 0 aromatic heterocycles. The molecule has 2 aliphatic heterocycles. The van der Waals surface area contributed by atoms with Crippen molar-refractivity contribution in [1.82, 2.24) is 20.0 Å². The van der Waals surface area contributed by atoms with Gasteiger partial charge in [0.05, 0.1) is 5.54 Å². The van der Waals surface area contributed by atoms with E-state index in [1.807, 2.05) is 0 Å². The van der Waals surface area contributed by atoms with Crippen LogP contribution in [0.3, 0.4) is 0 Å². The highest BCUT2D eigenvalue weighted by molar-refractivity contribution is 6.06. The fraction of sp³-hybridized carbons (Fsp3) is 0.452. The summed E-state index contributed by atoms with van der Waals surface area (Å²) >= 11 is 0. The predicted molar refractivity (Wildman–Crippen MR) is 156 cm³/mol. The normalized spacial score (nSPS) is 20.1. The van der Waals surface area contributed by atoms with Gasteiger partial charge in [-0.1, -0.05) is 18.2 Å². The molecule has 234 valence electrons. The summed E-state index contributed by atoms with van der Waals surface area (Å²) < 4.78 is 24.8. The van der Waals surface area contributed by atoms with Crippen LogP contribution in [0, 0.1) is 5.82 Å². The van der Waals surface area contributed by atoms with E-state index in [9.17, 15) is 28.4 Å². The van der Waals surface area contributed by atoms with Gasteiger partial charge in [-0.3, -0.25) is 9.59 Å². The van der Waals surface area contributed by atoms with E-state index in [-0.39, 0.29) is 26.1 Å². The summed E-state index contributed by atoms with van der Waals surface area (Å²) in [5.74, 6) is -1.61. The Labute approximate surface area is 254 Å². The molecule has 0 radical (unpaired) electrons. The lowest BCUT2D eigenvalue weighted by molar-refractivity contribution is -0.150. The van der Waals surface area contributed by atoms with E-state index in [1.54, 1.807) is 58.0 Å². The second-order valence-corrected chi connectivity index (χ2v) is 12.6. The summed E-state index contributed by atoms with van der Waals surface area (Å²) in [6.07, 6.45) is -0.824. The number of anilines is 1. The molecule has 2 aromatic carbocycles. The number of amides is 6. The molecule has 2 saturated heterocycles. The van der Waals surface area contributed by atoms with E-state index in [2.05, 4.69) is 10.6 Å². The molecule has 3 aliphatic rings. The molecule has 2 fully saturated rings. The van der Waals surface area contributed by atoms with Gasteiger partial charge in [-0.15, -0.1) is 0 Å². The molecule has 0 bridgehead atoms. The van der Waals surface area contributed by atoms with Crippen LogP contribution in [0.15, 0.2) is 42.5 Å². The molecule has 13 heteroatoms. The lowest BCUT2D eigenvalue weighted by atomic mass is 9.89. The molecule has 5 rings (SSSR count). The largest absolute Gasteiger partial charge is 0.444 e. The molecule has 2 heterocycles. The maximum atomic E-state index is 13.9. The minimum atomic E-state index is -1.56. The average Bonchev–Trinajstić information content (AvgIpc) is 3.41. The maximum absolute atomic E-state index is 13.9. The molecule has 2 aromatic rings. The Morgan fingerprint density at radius 3 is 2.41 bits per heavy atom. The first-order valence-corrected chi connectivity index (χ1v) is 14.3. The third-order valence-corrected chi connectivity index (χ3v) is 8.06. The van der Waals surface area contributed by atoms with Crippen molar-refractivity contribution >= 4 is 35.7 Å². The first-order chi connectivity index (χ1) is 20.6. The molecule has 1 atom stereocenters. The average molecular weight is 610 g/mol. The van der Waals surface area contributed by atoms with Crippen molar-refractivity contribution < 1.29 is 37.8 Å². The zero-order valence-corrected chi connectivity index (χ0v) is 25.4. The molecule has 12 nitrogen and oxygen atoms in total. The van der Waals surface area contributed by atoms with Crippen molar-refractivity contribution in [1.29, 1.82) is 0 Å². The van der Waals surface area contributed by atoms with E-state index in [4.69, 9.17) is 9.47 Å². The Morgan fingerprint density at radius 1 is 1.09 bits per heavy atom. The highest BCUT2D eigenvalue weighted by Gasteiger charge is 2.59. The number of halogens is 1. The highest BCUT2D eigenvalue weighted by Crippen LogP contribution is 2.46. The lowest BCUT2D eigenvalue weighted by Crippen LogP contribution is -2.71. The van der Waals surface area contributed by atoms with E-state index in [1.165, 1.54) is 29.0 Å². The molecule has 1 aliphatic carbocycles. The van der Waals surface area contributed by atoms with Gasteiger partial charge in [-0.05, 0) is 69.5 Å². The Bertz CT molecular complexity index is 1520. The summed E-state index contributed by atoms with van der Waals surface area (Å²) in [5.41, 5.74) is -0.690. The van der Waals surface area contributed by atoms with Crippen molar-refractivity contribution in [3.05, 3.63) is 65.0 Å². The predicted octanol–water partition coefficient (Wildman–Crippen LogP) is 3.74. The molecule has 0 saturated carbocycles. The number of urea groups is 1. The molecular weight excluding hydrogens is 573 g/mol. The van der Waals surface area contributed by atoms with Crippen LogP contribution in [0.2, 0.25) is 0 Å². The number of carbonyl (C=O) groups excluding carboxylic acids is 5. The van der Waals surface area contributed by atoms with Gasteiger partial charge in [0.2, 0.25) is 11.5 Å². The third kappa shape index (κ3) is 5.78. The smallest absolute Gasteiger partial charge is 0.418 e. The molecule has 6 amide bonds. The number of nitrogens with one attached hydrogen (secondary N) is 2. The van der Waals surface area contributed by atoms with E-state index in [0.717, 1.165) is 10.5 Å². The van der Waals surface area contributed by atoms with Gasteiger partial charge in [-0.25, -0.2) is 23.7 Å². The number of hydrogen-bond acceptors (Lipinski definition) is 7. The molecule has 2 N–H and O–H groups in total. The van der Waals surface area contributed by atoms with Gasteiger partial charge in [0.25, 0.3) is 5.91 Å². The first-order valence-electron chi connectivity index (χ1n) is 14.3. The van der Waals surface area contributed by atoms with Gasteiger partial charge in [-0.2, -0.15) is 0 Å². The van der Waals surface area contributed by atoms with Gasteiger partial charge in [0.15, 0.2) is 0 Å². The SMILES string of the molecule is CNC(=O)Nc1ccc2c(c1)CCC21OC(=O)N(CC(=O)N(Cc2ccc(F)cc2)C2(C)CN(C(=O)OC(C)(C)C)C2)C1=O. The lowest BCUT2D eigenvalue weighted by Gasteiger charge is -2.53. The van der Waals surface area contributed by atoms with Crippen LogP contribution >= 0.6 is 0 Å². The number of fused-ring (bicyclic) bond motifs is 2. The number of likely N-dealkylation sites (tertiary alicyclic amines) is 1. The van der Waals surface area contributed by atoms with Crippen molar-refractivity contribution in [3.8, 4) is 0 Å². The first kappa shape index (κ1) is 30.8. The number of rotatable bonds is 6. The van der Waals surface area contributed by atoms with Gasteiger partial charge < -0.3 is 29.9 Å². The molecule has 44 heavy (non-hydrogen) atoms. The summed E-state index contributed by atoms with van der Waals surface area (Å²) in [6, 6.07) is 10.3. The summed E-state index contributed by atoms with van der Waals surface area (Å²) in [6.45, 7) is 6.90. The summed E-state index contributed by atoms with van der Waals surface area (Å²) in [4.78, 5) is 69.0. The monoisotopic (exact) mass is 609 g/mol. The van der Waals surface area contributed by atoms with Crippen LogP contribution in [0.4, 0.5) is 24.5 Å². The number of benzene rings is 2. The maximum Gasteiger partial charge on any atom is 0.418 e. The van der Waals surface area contributed by atoms with Crippen molar-refractivity contribution in [2.45, 2.75) is 63.8 Å². The Kier molecular flexibility index (Phi) is 7.77. The van der Waals surface area contributed by atoms with Crippen LogP contribution in [-0.2, 0) is 37.6 Å². The summed E-state index contributed by atoms with van der Waals surface area (Å²) in [7, 11) is 1.49. The van der Waals surface area contributed by atoms with Crippen LogP contribution < -0.4 is 10.6 Å². The fourth-order valence-electron chi connectivity index (χ4n) is 5.90. The minimum absolute atomic E-state index is 0.0595. The van der Waals surface area contributed by atoms with Gasteiger partial charge in [0, 0.05) is 44.4 Å². The number of carbonyl (C=O) groups is 5. The van der Waals surface area contributed by atoms with Crippen LogP contribution in [0.25, 0.3) is 0 Å². The van der Waals surface area contributed by atoms with Crippen LogP contribution in [0.1, 0.15) is 50.8 Å². The second kappa shape index (κ2) is 11.1. The van der Waals surface area contributed by atoms with E-state index < -0.39 is 59.1 Å². The third-order valence-electron chi connectivity index (χ3n) is 8.06. The number of nitrogens with zero attached hydrogens (tertiary/aromatic N) is 3. The Balaban J connectivity index is 1.35. The van der Waals surface area contributed by atoms with Crippen molar-refractivity contribution in [3.63, 3.8) is 0 Å². The molecule has 1 unspecified atom stereocenters. The second-order valence-electron chi connectivity index (χ2n) is 12.6. The zero-order valence-electron chi connectivity index (χ0n) is 25.4. The van der Waals surface area contributed by atoms with Crippen molar-refractivity contribution in [2.24, 2.45) is 0 Å². The summed E-state index contributed by atoms with van der Waals surface area (Å²) in [5, 5.41) is 5.15. The number of hydrogen-bond donors (Lipinski definition) is 2. The zero-order chi connectivity index (χ0) is 32.0. The van der Waals surface area contributed by atoms with E-state index >= 15 is 0 Å². The Hall–Kier alpha value is -4.68. The quantitative estimate of drug-likeness (QED) is 0.509. The van der Waals surface area contributed by atoms with Crippen LogP contribution in [-0.4, -0.2) is 82.6 Å². The fourth-order valence-corrected chi connectivity index (χ4v) is 5.90. The Morgan fingerprint density at radius 2 is 1.77 bits per heavy atom. The van der Waals surface area contributed by atoms with Gasteiger partial charge >= 0.3 is 18.2 Å². The molecule has 1 spiro atoms. The minimum Gasteiger partial charge on any atom is -0.444 e. The van der Waals surface area contributed by atoms with Crippen LogP contribution in [0.5, 0.6) is 0 Å². The van der Waals surface area contributed by atoms with E-state index in [0.29, 0.717) is 23.2 Å². The van der Waals surface area contributed by atoms with Crippen molar-refractivity contribution in [2.75, 3.05) is 32.0 Å². The molecular formula is C31H36FN5O7. The number of imide groups is 1. The highest BCUT2D eigenvalue weighted by atomic mass is 19.1. The number of ether oxygens (including phenoxy) is 2. The van der Waals surface area contributed by atoms with Gasteiger partial charge in [0.1, 0.15) is 18.0 Å². The standard InChI is InChI=1S/C31H36FN5O7/c1-29(2,3)43-27(41)35-17-30(4,18-35)37(15-19-6-8-21(32)9-7-19)24(38)16-36-25(39)31(44-28(36)42)13-12-20-14-22(10-11-23(20)31)34-26(40)33-5/h6-11,14H,12-13,15-18H2,1-5H3,(H2,33,34,40). The topological polar surface area (TPSA) is 138 Å².